The molecule has 2 heterocycles. The molecule has 3 rings (SSSR count). The third-order valence-electron chi connectivity index (χ3n) is 4.32. The maximum atomic E-state index is 12.8. The van der Waals surface area contributed by atoms with Crippen molar-refractivity contribution in [1.29, 1.82) is 0 Å². The van der Waals surface area contributed by atoms with Gasteiger partial charge in [0.05, 0.1) is 9.09 Å². The van der Waals surface area contributed by atoms with Crippen LogP contribution in [0.15, 0.2) is 4.21 Å². The molecule has 21 heavy (non-hydrogen) atoms. The number of rotatable bonds is 2. The Kier molecular flexibility index (Phi) is 3.91. The number of carbonyl (C=O) groups excluding carboxylic acids is 2. The van der Waals surface area contributed by atoms with Crippen LogP contribution in [0.5, 0.6) is 0 Å². The molecule has 0 saturated carbocycles. The minimum Gasteiger partial charge on any atom is -0.338 e. The van der Waals surface area contributed by atoms with E-state index in [1.807, 2.05) is 11.2 Å². The Hall–Kier alpha value is -0.810. The summed E-state index contributed by atoms with van der Waals surface area (Å²) in [7, 11) is 0. The zero-order valence-electron chi connectivity index (χ0n) is 12.8. The number of ketones is 1. The fourth-order valence-corrected chi connectivity index (χ4v) is 5.40. The Morgan fingerprint density at radius 1 is 1.24 bits per heavy atom. The molecule has 0 radical (unpaired) electrons. The number of Topliss-reactive ketones (excluding diaryl/α,β-unsaturated/α-hetero) is 1. The molecule has 0 aromatic carbocycles. The summed E-state index contributed by atoms with van der Waals surface area (Å²) in [6.45, 7) is 5.96. The van der Waals surface area contributed by atoms with Gasteiger partial charge in [-0.15, -0.1) is 23.1 Å². The summed E-state index contributed by atoms with van der Waals surface area (Å²) in [6.07, 6.45) is 5.60. The number of hydrogen-bond donors (Lipinski definition) is 0. The molecule has 1 aromatic heterocycles. The molecule has 1 aliphatic heterocycles. The first-order valence-electron chi connectivity index (χ1n) is 7.45. The van der Waals surface area contributed by atoms with Gasteiger partial charge in [-0.3, -0.25) is 9.59 Å². The van der Waals surface area contributed by atoms with Crippen molar-refractivity contribution >= 4 is 34.8 Å². The van der Waals surface area contributed by atoms with Crippen molar-refractivity contribution in [2.45, 2.75) is 43.7 Å². The lowest BCUT2D eigenvalue weighted by Crippen LogP contribution is -2.31. The predicted molar refractivity (Wildman–Crippen MR) is 87.7 cm³/mol. The number of likely N-dealkylation sites (tertiary alicyclic amines) is 1. The summed E-state index contributed by atoms with van der Waals surface area (Å²) < 4.78 is 1.02. The van der Waals surface area contributed by atoms with Crippen LogP contribution in [-0.2, 0) is 6.42 Å². The molecule has 0 N–H and O–H groups in total. The number of amides is 1. The maximum absolute atomic E-state index is 12.8. The Bertz CT molecular complexity index is 598. The van der Waals surface area contributed by atoms with Gasteiger partial charge >= 0.3 is 0 Å². The number of thioether (sulfide) groups is 1. The number of fused-ring (bicyclic) bond motifs is 1. The molecule has 0 spiro atoms. The van der Waals surface area contributed by atoms with Gasteiger partial charge < -0.3 is 4.90 Å². The summed E-state index contributed by atoms with van der Waals surface area (Å²) in [5.41, 5.74) is 1.82. The fourth-order valence-electron chi connectivity index (χ4n) is 3.34. The van der Waals surface area contributed by atoms with Crippen molar-refractivity contribution in [3.8, 4) is 0 Å². The van der Waals surface area contributed by atoms with E-state index >= 15 is 0 Å². The lowest BCUT2D eigenvalue weighted by Gasteiger charge is -2.29. The van der Waals surface area contributed by atoms with Crippen LogP contribution in [0.25, 0.3) is 0 Å². The highest BCUT2D eigenvalue weighted by Gasteiger charge is 2.38. The minimum absolute atomic E-state index is 0.0408. The first-order chi connectivity index (χ1) is 9.93. The largest absolute Gasteiger partial charge is 0.338 e. The molecule has 5 heteroatoms. The predicted octanol–water partition coefficient (Wildman–Crippen LogP) is 3.86. The normalized spacial score (nSPS) is 20.7. The lowest BCUT2D eigenvalue weighted by molar-refractivity contribution is 0.0795. The van der Waals surface area contributed by atoms with E-state index < -0.39 is 0 Å². The van der Waals surface area contributed by atoms with E-state index in [-0.39, 0.29) is 17.1 Å². The van der Waals surface area contributed by atoms with E-state index in [2.05, 4.69) is 13.8 Å². The Morgan fingerprint density at radius 3 is 2.52 bits per heavy atom. The van der Waals surface area contributed by atoms with Gasteiger partial charge in [0, 0.05) is 25.1 Å². The van der Waals surface area contributed by atoms with Gasteiger partial charge in [0.15, 0.2) is 5.78 Å². The van der Waals surface area contributed by atoms with E-state index in [1.165, 1.54) is 11.3 Å². The molecule has 2 aliphatic rings. The molecule has 114 valence electrons. The van der Waals surface area contributed by atoms with Crippen LogP contribution in [-0.4, -0.2) is 35.9 Å². The van der Waals surface area contributed by atoms with Gasteiger partial charge in [0.1, 0.15) is 0 Å². The molecule has 1 aliphatic carbocycles. The SMILES string of the molecule is CSc1sc(C(=O)N2CCCC2)c2c1C(=O)CC(C)(C)C2. The van der Waals surface area contributed by atoms with Crippen molar-refractivity contribution in [3.63, 3.8) is 0 Å². The van der Waals surface area contributed by atoms with Crippen molar-refractivity contribution in [1.82, 2.24) is 4.90 Å². The zero-order valence-corrected chi connectivity index (χ0v) is 14.5. The van der Waals surface area contributed by atoms with Crippen LogP contribution in [0.2, 0.25) is 0 Å². The minimum atomic E-state index is -0.0408. The van der Waals surface area contributed by atoms with Gasteiger partial charge in [0.25, 0.3) is 5.91 Å². The van der Waals surface area contributed by atoms with E-state index in [0.717, 1.165) is 52.6 Å². The molecule has 0 atom stereocenters. The van der Waals surface area contributed by atoms with Crippen molar-refractivity contribution in [2.24, 2.45) is 5.41 Å². The number of thiophene rings is 1. The van der Waals surface area contributed by atoms with Gasteiger partial charge in [-0.05, 0) is 36.5 Å². The molecule has 0 unspecified atom stereocenters. The molecular weight excluding hydrogens is 302 g/mol. The van der Waals surface area contributed by atoms with E-state index in [0.29, 0.717) is 6.42 Å². The van der Waals surface area contributed by atoms with Crippen LogP contribution in [0.1, 0.15) is 58.7 Å². The maximum Gasteiger partial charge on any atom is 0.264 e. The number of nitrogens with zero attached hydrogens (tertiary/aromatic N) is 1. The first-order valence-corrected chi connectivity index (χ1v) is 9.49. The highest BCUT2D eigenvalue weighted by molar-refractivity contribution is 8.00. The van der Waals surface area contributed by atoms with E-state index in [4.69, 9.17) is 0 Å². The quantitative estimate of drug-likeness (QED) is 0.776. The molecule has 1 saturated heterocycles. The summed E-state index contributed by atoms with van der Waals surface area (Å²) in [4.78, 5) is 28.1. The van der Waals surface area contributed by atoms with Crippen LogP contribution in [0.4, 0.5) is 0 Å². The highest BCUT2D eigenvalue weighted by Crippen LogP contribution is 2.45. The molecule has 0 bridgehead atoms. The Balaban J connectivity index is 2.06. The standard InChI is InChI=1S/C16H21NO2S2/c1-16(2)8-10-12(11(18)9-16)15(20-3)21-13(10)14(19)17-6-4-5-7-17/h4-9H2,1-3H3. The number of carbonyl (C=O) groups is 2. The molecule has 1 aromatic rings. The van der Waals surface area contributed by atoms with E-state index in [1.54, 1.807) is 11.8 Å². The van der Waals surface area contributed by atoms with Gasteiger partial charge in [0.2, 0.25) is 0 Å². The van der Waals surface area contributed by atoms with Crippen molar-refractivity contribution in [2.75, 3.05) is 19.3 Å². The van der Waals surface area contributed by atoms with Crippen LogP contribution in [0.3, 0.4) is 0 Å². The smallest absolute Gasteiger partial charge is 0.264 e. The molecular formula is C16H21NO2S2. The molecule has 3 nitrogen and oxygen atoms in total. The summed E-state index contributed by atoms with van der Waals surface area (Å²) in [6, 6.07) is 0. The third kappa shape index (κ3) is 2.66. The van der Waals surface area contributed by atoms with Gasteiger partial charge in [-0.1, -0.05) is 13.8 Å². The second-order valence-corrected chi connectivity index (χ2v) is 8.81. The Morgan fingerprint density at radius 2 is 1.90 bits per heavy atom. The van der Waals surface area contributed by atoms with Gasteiger partial charge in [-0.2, -0.15) is 0 Å². The second kappa shape index (κ2) is 5.43. The van der Waals surface area contributed by atoms with Crippen LogP contribution in [0, 0.1) is 5.41 Å². The van der Waals surface area contributed by atoms with Crippen molar-refractivity contribution in [3.05, 3.63) is 16.0 Å². The lowest BCUT2D eigenvalue weighted by atomic mass is 9.74. The summed E-state index contributed by atoms with van der Waals surface area (Å²) in [5.74, 6) is 0.349. The van der Waals surface area contributed by atoms with Gasteiger partial charge in [-0.25, -0.2) is 0 Å². The van der Waals surface area contributed by atoms with Crippen LogP contribution >= 0.6 is 23.1 Å². The zero-order chi connectivity index (χ0) is 15.2. The Labute approximate surface area is 134 Å². The molecule has 1 fully saturated rings. The van der Waals surface area contributed by atoms with E-state index in [9.17, 15) is 9.59 Å². The average Bonchev–Trinajstić information content (AvgIpc) is 3.03. The highest BCUT2D eigenvalue weighted by atomic mass is 32.2. The topological polar surface area (TPSA) is 37.4 Å². The first kappa shape index (κ1) is 15.1. The summed E-state index contributed by atoms with van der Waals surface area (Å²) in [5, 5.41) is 0. The fraction of sp³-hybridized carbons (Fsp3) is 0.625. The second-order valence-electron chi connectivity index (χ2n) is 6.72. The summed E-state index contributed by atoms with van der Waals surface area (Å²) >= 11 is 3.12. The average molecular weight is 323 g/mol. The van der Waals surface area contributed by atoms with Crippen molar-refractivity contribution < 1.29 is 9.59 Å². The molecule has 1 amide bonds. The monoisotopic (exact) mass is 323 g/mol. The third-order valence-corrected chi connectivity index (χ3v) is 6.66. The number of hydrogen-bond acceptors (Lipinski definition) is 4. The van der Waals surface area contributed by atoms with Crippen LogP contribution < -0.4 is 0 Å².